The molecule has 0 radical (unpaired) electrons. The predicted octanol–water partition coefficient (Wildman–Crippen LogP) is 3.76. The minimum absolute atomic E-state index is 0.129. The van der Waals surface area contributed by atoms with E-state index in [2.05, 4.69) is 16.7 Å². The van der Waals surface area contributed by atoms with Gasteiger partial charge in [0.2, 0.25) is 0 Å². The molecule has 1 saturated heterocycles. The number of rotatable bonds is 3. The first-order valence-corrected chi connectivity index (χ1v) is 8.49. The number of piperidine rings is 1. The van der Waals surface area contributed by atoms with Gasteiger partial charge in [-0.2, -0.15) is 0 Å². The lowest BCUT2D eigenvalue weighted by molar-refractivity contribution is -0.385. The lowest BCUT2D eigenvalue weighted by Crippen LogP contribution is -2.33. The van der Waals surface area contributed by atoms with Crippen molar-refractivity contribution in [3.63, 3.8) is 0 Å². The summed E-state index contributed by atoms with van der Waals surface area (Å²) in [6.45, 7) is 1.82. The molecule has 0 aliphatic carbocycles. The molecular weight excluding hydrogens is 314 g/mol. The van der Waals surface area contributed by atoms with Crippen molar-refractivity contribution in [3.8, 4) is 11.8 Å². The van der Waals surface area contributed by atoms with E-state index >= 15 is 0 Å². The van der Waals surface area contributed by atoms with E-state index in [-0.39, 0.29) is 16.7 Å². The SMILES string of the molecule is Nc1ccc(C#CC(c2ccccc2[N+](=O)[O-])N2CCCCC2)cc1. The molecule has 0 spiro atoms. The monoisotopic (exact) mass is 335 g/mol. The second-order valence-electron chi connectivity index (χ2n) is 6.21. The molecule has 1 atom stereocenters. The van der Waals surface area contributed by atoms with Crippen molar-refractivity contribution in [1.82, 2.24) is 4.90 Å². The average molecular weight is 335 g/mol. The molecule has 25 heavy (non-hydrogen) atoms. The zero-order valence-electron chi connectivity index (χ0n) is 14.0. The van der Waals surface area contributed by atoms with Crippen LogP contribution in [0.15, 0.2) is 48.5 Å². The van der Waals surface area contributed by atoms with E-state index in [1.54, 1.807) is 12.1 Å². The Morgan fingerprint density at radius 1 is 1.04 bits per heavy atom. The van der Waals surface area contributed by atoms with E-state index in [1.165, 1.54) is 6.42 Å². The Bertz CT molecular complexity index is 800. The first-order chi connectivity index (χ1) is 12.1. The number of para-hydroxylation sites is 1. The normalized spacial score (nSPS) is 15.8. The number of nitrogen functional groups attached to an aromatic ring is 1. The quantitative estimate of drug-likeness (QED) is 0.401. The Morgan fingerprint density at radius 2 is 1.72 bits per heavy atom. The maximum Gasteiger partial charge on any atom is 0.275 e. The summed E-state index contributed by atoms with van der Waals surface area (Å²) < 4.78 is 0. The van der Waals surface area contributed by atoms with E-state index in [4.69, 9.17) is 5.73 Å². The summed E-state index contributed by atoms with van der Waals surface area (Å²) in [4.78, 5) is 13.4. The Balaban J connectivity index is 1.99. The highest BCUT2D eigenvalue weighted by Gasteiger charge is 2.26. The molecule has 0 saturated carbocycles. The largest absolute Gasteiger partial charge is 0.399 e. The molecule has 5 heteroatoms. The third-order valence-corrected chi connectivity index (χ3v) is 4.45. The Hall–Kier alpha value is -2.84. The summed E-state index contributed by atoms with van der Waals surface area (Å²) in [5.41, 5.74) is 8.05. The van der Waals surface area contributed by atoms with Crippen LogP contribution in [-0.4, -0.2) is 22.9 Å². The molecule has 128 valence electrons. The van der Waals surface area contributed by atoms with Crippen molar-refractivity contribution in [2.24, 2.45) is 0 Å². The van der Waals surface area contributed by atoms with Crippen LogP contribution in [0, 0.1) is 22.0 Å². The summed E-state index contributed by atoms with van der Waals surface area (Å²) in [6, 6.07) is 14.0. The van der Waals surface area contributed by atoms with Crippen molar-refractivity contribution in [2.45, 2.75) is 25.3 Å². The number of anilines is 1. The molecule has 1 fully saturated rings. The van der Waals surface area contributed by atoms with Crippen LogP contribution in [0.1, 0.15) is 36.4 Å². The second kappa shape index (κ2) is 7.82. The van der Waals surface area contributed by atoms with E-state index in [0.29, 0.717) is 11.3 Å². The molecule has 5 nitrogen and oxygen atoms in total. The second-order valence-corrected chi connectivity index (χ2v) is 6.21. The third-order valence-electron chi connectivity index (χ3n) is 4.45. The number of nitro benzene ring substituents is 1. The maximum absolute atomic E-state index is 11.4. The minimum atomic E-state index is -0.322. The molecule has 1 unspecified atom stereocenters. The molecule has 1 aliphatic rings. The van der Waals surface area contributed by atoms with Gasteiger partial charge in [0.25, 0.3) is 5.69 Å². The van der Waals surface area contributed by atoms with Crippen LogP contribution in [0.5, 0.6) is 0 Å². The molecule has 2 aromatic carbocycles. The molecule has 2 aromatic rings. The number of nitrogens with two attached hydrogens (primary N) is 1. The van der Waals surface area contributed by atoms with Crippen LogP contribution in [0.25, 0.3) is 0 Å². The number of likely N-dealkylation sites (tertiary alicyclic amines) is 1. The van der Waals surface area contributed by atoms with Gasteiger partial charge >= 0.3 is 0 Å². The topological polar surface area (TPSA) is 72.4 Å². The van der Waals surface area contributed by atoms with Gasteiger partial charge in [-0.05, 0) is 56.3 Å². The van der Waals surface area contributed by atoms with Gasteiger partial charge in [-0.1, -0.05) is 30.4 Å². The molecular formula is C20H21N3O2. The number of hydrogen-bond acceptors (Lipinski definition) is 4. The van der Waals surface area contributed by atoms with Crippen LogP contribution in [0.3, 0.4) is 0 Å². The fraction of sp³-hybridized carbons (Fsp3) is 0.300. The maximum atomic E-state index is 11.4. The standard InChI is InChI=1S/C20H21N3O2/c21-17-11-8-16(9-12-17)10-13-19(22-14-4-1-5-15-22)18-6-2-3-7-20(18)23(24)25/h2-3,6-9,11-12,19H,1,4-5,14-15,21H2. The van der Waals surface area contributed by atoms with Gasteiger partial charge < -0.3 is 5.73 Å². The first-order valence-electron chi connectivity index (χ1n) is 8.49. The predicted molar refractivity (Wildman–Crippen MR) is 99.0 cm³/mol. The third kappa shape index (κ3) is 4.17. The lowest BCUT2D eigenvalue weighted by Gasteiger charge is -2.31. The molecule has 1 heterocycles. The van der Waals surface area contributed by atoms with Gasteiger partial charge in [-0.25, -0.2) is 0 Å². The highest BCUT2D eigenvalue weighted by molar-refractivity contribution is 5.48. The molecule has 0 amide bonds. The first kappa shape index (κ1) is 17.0. The van der Waals surface area contributed by atoms with Gasteiger partial charge in [-0.3, -0.25) is 15.0 Å². The highest BCUT2D eigenvalue weighted by Crippen LogP contribution is 2.30. The number of nitro groups is 1. The zero-order chi connectivity index (χ0) is 17.6. The summed E-state index contributed by atoms with van der Waals surface area (Å²) in [6.07, 6.45) is 3.40. The number of hydrogen-bond donors (Lipinski definition) is 1. The molecule has 3 rings (SSSR count). The van der Waals surface area contributed by atoms with Crippen molar-refractivity contribution < 1.29 is 4.92 Å². The van der Waals surface area contributed by atoms with E-state index in [0.717, 1.165) is 31.5 Å². The Labute approximate surface area is 147 Å². The van der Waals surface area contributed by atoms with Crippen molar-refractivity contribution in [1.29, 1.82) is 0 Å². The fourth-order valence-electron chi connectivity index (χ4n) is 3.15. The summed E-state index contributed by atoms with van der Waals surface area (Å²) in [7, 11) is 0. The van der Waals surface area contributed by atoms with Crippen LogP contribution in [0.4, 0.5) is 11.4 Å². The van der Waals surface area contributed by atoms with Crippen LogP contribution < -0.4 is 5.73 Å². The molecule has 0 bridgehead atoms. The lowest BCUT2D eigenvalue weighted by atomic mass is 10.00. The van der Waals surface area contributed by atoms with Crippen molar-refractivity contribution in [3.05, 3.63) is 69.8 Å². The van der Waals surface area contributed by atoms with Gasteiger partial charge in [0.15, 0.2) is 0 Å². The van der Waals surface area contributed by atoms with E-state index in [9.17, 15) is 10.1 Å². The molecule has 2 N–H and O–H groups in total. The minimum Gasteiger partial charge on any atom is -0.399 e. The van der Waals surface area contributed by atoms with Gasteiger partial charge in [0.1, 0.15) is 6.04 Å². The van der Waals surface area contributed by atoms with E-state index < -0.39 is 0 Å². The molecule has 0 aromatic heterocycles. The van der Waals surface area contributed by atoms with Gasteiger partial charge in [-0.15, -0.1) is 0 Å². The van der Waals surface area contributed by atoms with Crippen LogP contribution in [0.2, 0.25) is 0 Å². The average Bonchev–Trinajstić information content (AvgIpc) is 2.64. The Kier molecular flexibility index (Phi) is 5.32. The van der Waals surface area contributed by atoms with Crippen molar-refractivity contribution >= 4 is 11.4 Å². The van der Waals surface area contributed by atoms with Gasteiger partial charge in [0.05, 0.1) is 10.5 Å². The number of benzene rings is 2. The molecule has 1 aliphatic heterocycles. The Morgan fingerprint density at radius 3 is 2.40 bits per heavy atom. The van der Waals surface area contributed by atoms with Gasteiger partial charge in [0, 0.05) is 17.3 Å². The fourth-order valence-corrected chi connectivity index (χ4v) is 3.15. The van der Waals surface area contributed by atoms with Crippen molar-refractivity contribution in [2.75, 3.05) is 18.8 Å². The van der Waals surface area contributed by atoms with Crippen LogP contribution in [-0.2, 0) is 0 Å². The summed E-state index contributed by atoms with van der Waals surface area (Å²) >= 11 is 0. The smallest absolute Gasteiger partial charge is 0.275 e. The number of nitrogens with zero attached hydrogens (tertiary/aromatic N) is 2. The van der Waals surface area contributed by atoms with E-state index in [1.807, 2.05) is 36.4 Å². The van der Waals surface area contributed by atoms with Crippen LogP contribution >= 0.6 is 0 Å². The summed E-state index contributed by atoms with van der Waals surface area (Å²) in [5.74, 6) is 6.43. The zero-order valence-corrected chi connectivity index (χ0v) is 14.0. The summed E-state index contributed by atoms with van der Waals surface area (Å²) in [5, 5.41) is 11.4. The highest BCUT2D eigenvalue weighted by atomic mass is 16.6.